The van der Waals surface area contributed by atoms with Crippen LogP contribution in [0.15, 0.2) is 18.2 Å². The second-order valence-electron chi connectivity index (χ2n) is 6.19. The standard InChI is InChI=1S/C17H26N2O/c1-3-4-11-19-13-17(7-9-18-10-8-17)15-12-14(20-2)5-6-16(15)19/h5-6,12,18H,3-4,7-11,13H2,1-2H3. The predicted octanol–water partition coefficient (Wildman–Crippen LogP) is 2.94. The Labute approximate surface area is 122 Å². The number of piperidine rings is 1. The van der Waals surface area contributed by atoms with Gasteiger partial charge in [-0.3, -0.25) is 0 Å². The SMILES string of the molecule is CCCCN1CC2(CCNCC2)c2cc(OC)ccc21. The third kappa shape index (κ3) is 2.28. The van der Waals surface area contributed by atoms with Gasteiger partial charge in [0.15, 0.2) is 0 Å². The quantitative estimate of drug-likeness (QED) is 0.913. The molecule has 1 aromatic carbocycles. The maximum Gasteiger partial charge on any atom is 0.119 e. The Kier molecular flexibility index (Phi) is 3.88. The average Bonchev–Trinajstić information content (AvgIpc) is 2.79. The minimum Gasteiger partial charge on any atom is -0.497 e. The van der Waals surface area contributed by atoms with Crippen LogP contribution in [0.2, 0.25) is 0 Å². The van der Waals surface area contributed by atoms with Crippen molar-refractivity contribution < 1.29 is 4.74 Å². The van der Waals surface area contributed by atoms with Gasteiger partial charge in [0.25, 0.3) is 0 Å². The molecule has 1 aromatic rings. The third-order valence-corrected chi connectivity index (χ3v) is 4.95. The maximum absolute atomic E-state index is 5.46. The summed E-state index contributed by atoms with van der Waals surface area (Å²) in [5, 5.41) is 3.50. The lowest BCUT2D eigenvalue weighted by atomic mass is 9.75. The first-order chi connectivity index (χ1) is 9.79. The summed E-state index contributed by atoms with van der Waals surface area (Å²) < 4.78 is 5.46. The molecule has 0 atom stereocenters. The van der Waals surface area contributed by atoms with Gasteiger partial charge in [0, 0.05) is 24.2 Å². The Morgan fingerprint density at radius 1 is 1.30 bits per heavy atom. The van der Waals surface area contributed by atoms with E-state index in [-0.39, 0.29) is 0 Å². The van der Waals surface area contributed by atoms with Gasteiger partial charge in [-0.05, 0) is 56.1 Å². The van der Waals surface area contributed by atoms with Crippen molar-refractivity contribution >= 4 is 5.69 Å². The van der Waals surface area contributed by atoms with Crippen molar-refractivity contribution in [3.05, 3.63) is 23.8 Å². The van der Waals surface area contributed by atoms with Crippen molar-refractivity contribution in [2.45, 2.75) is 38.0 Å². The van der Waals surface area contributed by atoms with Crippen LogP contribution in [0, 0.1) is 0 Å². The summed E-state index contributed by atoms with van der Waals surface area (Å²) in [6, 6.07) is 6.66. The number of nitrogens with one attached hydrogen (secondary N) is 1. The predicted molar refractivity (Wildman–Crippen MR) is 83.9 cm³/mol. The molecule has 1 spiro atoms. The van der Waals surface area contributed by atoms with Gasteiger partial charge in [-0.25, -0.2) is 0 Å². The zero-order valence-electron chi connectivity index (χ0n) is 12.7. The lowest BCUT2D eigenvalue weighted by Crippen LogP contribution is -2.43. The molecule has 2 aliphatic rings. The van der Waals surface area contributed by atoms with E-state index in [9.17, 15) is 0 Å². The summed E-state index contributed by atoms with van der Waals surface area (Å²) in [5.41, 5.74) is 3.32. The molecule has 0 radical (unpaired) electrons. The van der Waals surface area contributed by atoms with Crippen molar-refractivity contribution in [3.63, 3.8) is 0 Å². The Morgan fingerprint density at radius 3 is 2.80 bits per heavy atom. The summed E-state index contributed by atoms with van der Waals surface area (Å²) in [4.78, 5) is 2.60. The average molecular weight is 274 g/mol. The molecule has 110 valence electrons. The van der Waals surface area contributed by atoms with Crippen molar-refractivity contribution in [2.75, 3.05) is 38.2 Å². The highest BCUT2D eigenvalue weighted by molar-refractivity contribution is 5.65. The van der Waals surface area contributed by atoms with E-state index in [4.69, 9.17) is 4.74 Å². The number of rotatable bonds is 4. The van der Waals surface area contributed by atoms with Gasteiger partial charge in [0.05, 0.1) is 7.11 Å². The fourth-order valence-electron chi connectivity index (χ4n) is 3.76. The second-order valence-corrected chi connectivity index (χ2v) is 6.19. The number of fused-ring (bicyclic) bond motifs is 2. The number of hydrogen-bond donors (Lipinski definition) is 1. The molecule has 0 unspecified atom stereocenters. The van der Waals surface area contributed by atoms with E-state index >= 15 is 0 Å². The van der Waals surface area contributed by atoms with Crippen LogP contribution in [-0.2, 0) is 5.41 Å². The van der Waals surface area contributed by atoms with Crippen molar-refractivity contribution in [3.8, 4) is 5.75 Å². The molecule has 3 rings (SSSR count). The lowest BCUT2D eigenvalue weighted by Gasteiger charge is -2.35. The van der Waals surface area contributed by atoms with E-state index in [1.165, 1.54) is 50.0 Å². The molecule has 0 saturated carbocycles. The molecule has 20 heavy (non-hydrogen) atoms. The molecular weight excluding hydrogens is 248 g/mol. The number of nitrogens with zero attached hydrogens (tertiary/aromatic N) is 1. The van der Waals surface area contributed by atoms with Crippen LogP contribution in [0.4, 0.5) is 5.69 Å². The van der Waals surface area contributed by atoms with Crippen LogP contribution in [0.5, 0.6) is 5.75 Å². The second kappa shape index (κ2) is 5.65. The van der Waals surface area contributed by atoms with Gasteiger partial charge in [-0.1, -0.05) is 13.3 Å². The lowest BCUT2D eigenvalue weighted by molar-refractivity contribution is 0.323. The number of benzene rings is 1. The molecule has 0 aromatic heterocycles. The maximum atomic E-state index is 5.46. The van der Waals surface area contributed by atoms with Crippen LogP contribution >= 0.6 is 0 Å². The number of hydrogen-bond acceptors (Lipinski definition) is 3. The molecule has 0 amide bonds. The van der Waals surface area contributed by atoms with Crippen LogP contribution in [0.1, 0.15) is 38.2 Å². The highest BCUT2D eigenvalue weighted by atomic mass is 16.5. The van der Waals surface area contributed by atoms with E-state index in [1.807, 2.05) is 0 Å². The van der Waals surface area contributed by atoms with Crippen molar-refractivity contribution in [2.24, 2.45) is 0 Å². The van der Waals surface area contributed by atoms with Crippen molar-refractivity contribution in [1.29, 1.82) is 0 Å². The molecule has 2 heterocycles. The van der Waals surface area contributed by atoms with Crippen molar-refractivity contribution in [1.82, 2.24) is 5.32 Å². The van der Waals surface area contributed by atoms with E-state index < -0.39 is 0 Å². The van der Waals surface area contributed by atoms with Crippen LogP contribution in [0.25, 0.3) is 0 Å². The van der Waals surface area contributed by atoms with E-state index in [1.54, 1.807) is 7.11 Å². The Hall–Kier alpha value is -1.22. The summed E-state index contributed by atoms with van der Waals surface area (Å²) >= 11 is 0. The Balaban J connectivity index is 1.95. The molecule has 2 aliphatic heterocycles. The van der Waals surface area contributed by atoms with Gasteiger partial charge in [0.1, 0.15) is 5.75 Å². The zero-order valence-corrected chi connectivity index (χ0v) is 12.7. The Bertz CT molecular complexity index is 466. The molecule has 0 bridgehead atoms. The topological polar surface area (TPSA) is 24.5 Å². The highest BCUT2D eigenvalue weighted by Crippen LogP contribution is 2.47. The highest BCUT2D eigenvalue weighted by Gasteiger charge is 2.43. The summed E-state index contributed by atoms with van der Waals surface area (Å²) in [7, 11) is 1.76. The first kappa shape index (κ1) is 13.7. The van der Waals surface area contributed by atoms with Crippen LogP contribution in [0.3, 0.4) is 0 Å². The first-order valence-electron chi connectivity index (χ1n) is 7.93. The van der Waals surface area contributed by atoms with E-state index in [0.29, 0.717) is 5.41 Å². The normalized spacial score (nSPS) is 20.2. The number of ether oxygens (including phenoxy) is 1. The van der Waals surface area contributed by atoms with Crippen LogP contribution < -0.4 is 15.0 Å². The molecule has 1 saturated heterocycles. The molecule has 0 aliphatic carbocycles. The third-order valence-electron chi connectivity index (χ3n) is 4.95. The molecular formula is C17H26N2O. The van der Waals surface area contributed by atoms with Crippen LogP contribution in [-0.4, -0.2) is 33.3 Å². The Morgan fingerprint density at radius 2 is 2.10 bits per heavy atom. The minimum absolute atomic E-state index is 0.350. The van der Waals surface area contributed by atoms with Gasteiger partial charge in [0.2, 0.25) is 0 Å². The number of unbranched alkanes of at least 4 members (excludes halogenated alkanes) is 1. The fraction of sp³-hybridized carbons (Fsp3) is 0.647. The number of methoxy groups -OCH3 is 1. The van der Waals surface area contributed by atoms with E-state index in [2.05, 4.69) is 35.3 Å². The molecule has 1 fully saturated rings. The van der Waals surface area contributed by atoms with Gasteiger partial charge < -0.3 is 15.0 Å². The van der Waals surface area contributed by atoms with E-state index in [0.717, 1.165) is 18.8 Å². The fourth-order valence-corrected chi connectivity index (χ4v) is 3.76. The number of anilines is 1. The monoisotopic (exact) mass is 274 g/mol. The summed E-state index contributed by atoms with van der Waals surface area (Å²) in [5.74, 6) is 0.999. The van der Waals surface area contributed by atoms with Gasteiger partial charge in [-0.15, -0.1) is 0 Å². The smallest absolute Gasteiger partial charge is 0.119 e. The molecule has 1 N–H and O–H groups in total. The van der Waals surface area contributed by atoms with Gasteiger partial charge in [-0.2, -0.15) is 0 Å². The van der Waals surface area contributed by atoms with Gasteiger partial charge >= 0.3 is 0 Å². The summed E-state index contributed by atoms with van der Waals surface area (Å²) in [6.45, 7) is 6.92. The summed E-state index contributed by atoms with van der Waals surface area (Å²) in [6.07, 6.45) is 5.03. The largest absolute Gasteiger partial charge is 0.497 e. The first-order valence-corrected chi connectivity index (χ1v) is 7.93. The molecule has 3 heteroatoms. The zero-order chi connectivity index (χ0) is 14.0. The minimum atomic E-state index is 0.350. The molecule has 3 nitrogen and oxygen atoms in total.